The van der Waals surface area contributed by atoms with Crippen molar-refractivity contribution in [3.8, 4) is 0 Å². The van der Waals surface area contributed by atoms with E-state index in [1.165, 1.54) is 6.92 Å². The van der Waals surface area contributed by atoms with Crippen LogP contribution in [0, 0.1) is 0 Å². The van der Waals surface area contributed by atoms with Crippen LogP contribution in [0.2, 0.25) is 0 Å². The number of carbonyl (C=O) groups is 2. The summed E-state index contributed by atoms with van der Waals surface area (Å²) in [5.74, 6) is -0.801. The fourth-order valence-electron chi connectivity index (χ4n) is 2.16. The number of rotatable bonds is 2. The Morgan fingerprint density at radius 3 is 2.88 bits per heavy atom. The van der Waals surface area contributed by atoms with E-state index in [1.54, 1.807) is 6.92 Å². The average molecular weight is 230 g/mol. The number of esters is 2. The van der Waals surface area contributed by atoms with Crippen molar-refractivity contribution in [3.63, 3.8) is 0 Å². The highest BCUT2D eigenvalue weighted by atomic mass is 16.6. The molecule has 2 aliphatic rings. The molecule has 0 saturated carbocycles. The van der Waals surface area contributed by atoms with Crippen molar-refractivity contribution in [2.45, 2.75) is 50.8 Å². The second kappa shape index (κ2) is 4.03. The molecule has 2 saturated heterocycles. The summed E-state index contributed by atoms with van der Waals surface area (Å²) in [5.41, 5.74) is 0. The molecule has 2 heterocycles. The van der Waals surface area contributed by atoms with Gasteiger partial charge in [-0.3, -0.25) is 9.59 Å². The minimum atomic E-state index is -0.939. The number of carbonyl (C=O) groups excluding carboxylic acids is 2. The molecular weight excluding hydrogens is 216 g/mol. The molecule has 0 aromatic carbocycles. The van der Waals surface area contributed by atoms with Crippen molar-refractivity contribution in [2.24, 2.45) is 0 Å². The third-order valence-electron chi connectivity index (χ3n) is 2.82. The minimum Gasteiger partial charge on any atom is -0.460 e. The van der Waals surface area contributed by atoms with Gasteiger partial charge in [0.15, 0.2) is 6.10 Å². The molecule has 0 bridgehead atoms. The normalized spacial score (nSPS) is 39.1. The highest BCUT2D eigenvalue weighted by molar-refractivity contribution is 5.73. The number of hydrogen-bond donors (Lipinski definition) is 1. The number of fused-ring (bicyclic) bond motifs is 1. The molecule has 0 radical (unpaired) electrons. The van der Waals surface area contributed by atoms with Gasteiger partial charge in [0, 0.05) is 6.92 Å². The molecule has 0 aromatic rings. The Balaban J connectivity index is 2.00. The predicted octanol–water partition coefficient (Wildman–Crippen LogP) is -0.618. The summed E-state index contributed by atoms with van der Waals surface area (Å²) >= 11 is 0. The van der Waals surface area contributed by atoms with E-state index in [4.69, 9.17) is 14.2 Å². The summed E-state index contributed by atoms with van der Waals surface area (Å²) in [5, 5.41) is 9.87. The predicted molar refractivity (Wildman–Crippen MR) is 50.4 cm³/mol. The Kier molecular flexibility index (Phi) is 2.86. The van der Waals surface area contributed by atoms with Crippen LogP contribution in [0.3, 0.4) is 0 Å². The van der Waals surface area contributed by atoms with Gasteiger partial charge < -0.3 is 19.3 Å². The molecule has 6 nitrogen and oxygen atoms in total. The molecule has 16 heavy (non-hydrogen) atoms. The first-order valence-corrected chi connectivity index (χ1v) is 5.19. The Bertz CT molecular complexity index is 314. The van der Waals surface area contributed by atoms with E-state index in [0.717, 1.165) is 0 Å². The monoisotopic (exact) mass is 230 g/mol. The van der Waals surface area contributed by atoms with Crippen LogP contribution in [0.25, 0.3) is 0 Å². The van der Waals surface area contributed by atoms with Gasteiger partial charge in [0.1, 0.15) is 24.4 Å². The van der Waals surface area contributed by atoms with Gasteiger partial charge in [-0.1, -0.05) is 0 Å². The zero-order valence-electron chi connectivity index (χ0n) is 9.08. The Morgan fingerprint density at radius 1 is 1.62 bits per heavy atom. The average Bonchev–Trinajstić information content (AvgIpc) is 2.64. The molecule has 6 heteroatoms. The summed E-state index contributed by atoms with van der Waals surface area (Å²) in [4.78, 5) is 21.7. The molecule has 1 N–H and O–H groups in total. The molecule has 1 unspecified atom stereocenters. The van der Waals surface area contributed by atoms with E-state index in [2.05, 4.69) is 0 Å². The Hall–Kier alpha value is -1.14. The second-order valence-corrected chi connectivity index (χ2v) is 4.10. The van der Waals surface area contributed by atoms with E-state index < -0.39 is 36.5 Å². The summed E-state index contributed by atoms with van der Waals surface area (Å²) in [6.07, 6.45) is -3.04. The maximum absolute atomic E-state index is 11.0. The Labute approximate surface area is 92.5 Å². The van der Waals surface area contributed by atoms with E-state index in [9.17, 15) is 14.7 Å². The number of aliphatic hydroxyl groups excluding tert-OH is 1. The largest absolute Gasteiger partial charge is 0.460 e. The van der Waals surface area contributed by atoms with Crippen LogP contribution in [-0.2, 0) is 23.8 Å². The lowest BCUT2D eigenvalue weighted by Crippen LogP contribution is -2.40. The number of hydrogen-bond acceptors (Lipinski definition) is 6. The highest BCUT2D eigenvalue weighted by Gasteiger charge is 2.53. The molecule has 2 aliphatic heterocycles. The first-order valence-electron chi connectivity index (χ1n) is 5.19. The minimum absolute atomic E-state index is 0.144. The molecule has 2 fully saturated rings. The third-order valence-corrected chi connectivity index (χ3v) is 2.82. The molecule has 2 rings (SSSR count). The summed E-state index contributed by atoms with van der Waals surface area (Å²) in [6, 6.07) is 0. The van der Waals surface area contributed by atoms with Gasteiger partial charge >= 0.3 is 11.9 Å². The van der Waals surface area contributed by atoms with E-state index in [-0.39, 0.29) is 12.4 Å². The molecule has 0 aromatic heterocycles. The number of aliphatic hydroxyl groups is 1. The zero-order valence-corrected chi connectivity index (χ0v) is 9.08. The lowest BCUT2D eigenvalue weighted by atomic mass is 10.0. The zero-order chi connectivity index (χ0) is 11.9. The highest BCUT2D eigenvalue weighted by Crippen LogP contribution is 2.33. The fraction of sp³-hybridized carbons (Fsp3) is 0.800. The summed E-state index contributed by atoms with van der Waals surface area (Å²) in [7, 11) is 0. The lowest BCUT2D eigenvalue weighted by molar-refractivity contribution is -0.159. The second-order valence-electron chi connectivity index (χ2n) is 4.10. The van der Waals surface area contributed by atoms with Crippen LogP contribution in [-0.4, -0.2) is 47.6 Å². The van der Waals surface area contributed by atoms with Gasteiger partial charge in [-0.2, -0.15) is 0 Å². The van der Waals surface area contributed by atoms with Crippen LogP contribution in [0.4, 0.5) is 0 Å². The van der Waals surface area contributed by atoms with Crippen LogP contribution in [0.1, 0.15) is 20.3 Å². The molecular formula is C10H14O6. The van der Waals surface area contributed by atoms with E-state index in [0.29, 0.717) is 0 Å². The van der Waals surface area contributed by atoms with Gasteiger partial charge in [-0.05, 0) is 6.92 Å². The third kappa shape index (κ3) is 1.90. The van der Waals surface area contributed by atoms with Gasteiger partial charge in [-0.15, -0.1) is 0 Å². The van der Waals surface area contributed by atoms with Crippen molar-refractivity contribution in [1.82, 2.24) is 0 Å². The topological polar surface area (TPSA) is 82.1 Å². The van der Waals surface area contributed by atoms with Gasteiger partial charge in [-0.25, -0.2) is 0 Å². The standard InChI is InChI=1S/C10H14O6/c1-4(14-5(2)11)9-8(13)10-6(15-9)3-7(12)16-10/h4,6,8-10,13H,3H2,1-2H3/t4?,6-,8+,9+,10+/m1/s1. The van der Waals surface area contributed by atoms with Crippen molar-refractivity contribution >= 4 is 11.9 Å². The van der Waals surface area contributed by atoms with Gasteiger partial charge in [0.05, 0.1) is 6.42 Å². The van der Waals surface area contributed by atoms with Crippen molar-refractivity contribution in [2.75, 3.05) is 0 Å². The van der Waals surface area contributed by atoms with Crippen LogP contribution < -0.4 is 0 Å². The van der Waals surface area contributed by atoms with Gasteiger partial charge in [0.2, 0.25) is 0 Å². The first kappa shape index (κ1) is 11.3. The molecule has 0 aliphatic carbocycles. The van der Waals surface area contributed by atoms with Crippen LogP contribution >= 0.6 is 0 Å². The Morgan fingerprint density at radius 2 is 2.31 bits per heavy atom. The summed E-state index contributed by atoms with van der Waals surface area (Å²) < 4.78 is 15.3. The van der Waals surface area contributed by atoms with Crippen molar-refractivity contribution < 1.29 is 28.9 Å². The maximum Gasteiger partial charge on any atom is 0.309 e. The van der Waals surface area contributed by atoms with Crippen molar-refractivity contribution in [3.05, 3.63) is 0 Å². The molecule has 0 amide bonds. The van der Waals surface area contributed by atoms with Crippen LogP contribution in [0.15, 0.2) is 0 Å². The number of ether oxygens (including phenoxy) is 3. The molecule has 90 valence electrons. The molecule has 5 atom stereocenters. The quantitative estimate of drug-likeness (QED) is 0.637. The van der Waals surface area contributed by atoms with E-state index in [1.807, 2.05) is 0 Å². The van der Waals surface area contributed by atoms with E-state index >= 15 is 0 Å². The summed E-state index contributed by atoms with van der Waals surface area (Å²) in [6.45, 7) is 2.93. The SMILES string of the molecule is CC(=O)OC(C)[C@@H]1O[C@@H]2CC(=O)O[C@@H]2[C@H]1O. The van der Waals surface area contributed by atoms with Crippen molar-refractivity contribution in [1.29, 1.82) is 0 Å². The van der Waals surface area contributed by atoms with Gasteiger partial charge in [0.25, 0.3) is 0 Å². The maximum atomic E-state index is 11.0. The molecule has 0 spiro atoms. The first-order chi connectivity index (χ1) is 7.49. The smallest absolute Gasteiger partial charge is 0.309 e. The van der Waals surface area contributed by atoms with Crippen LogP contribution in [0.5, 0.6) is 0 Å². The lowest BCUT2D eigenvalue weighted by Gasteiger charge is -2.22. The fourth-order valence-corrected chi connectivity index (χ4v) is 2.16.